The normalized spacial score (nSPS) is 12.6. The molecule has 0 bridgehead atoms. The van der Waals surface area contributed by atoms with Crippen LogP contribution in [0.25, 0.3) is 0 Å². The first-order valence-corrected chi connectivity index (χ1v) is 10.2. The summed E-state index contributed by atoms with van der Waals surface area (Å²) < 4.78 is 34.3. The summed E-state index contributed by atoms with van der Waals surface area (Å²) >= 11 is 0. The predicted molar refractivity (Wildman–Crippen MR) is 106 cm³/mol. The van der Waals surface area contributed by atoms with Gasteiger partial charge in [-0.2, -0.15) is 0 Å². The number of methoxy groups -OCH3 is 1. The molecule has 0 heterocycles. The molecule has 148 valence electrons. The van der Waals surface area contributed by atoms with Gasteiger partial charge in [0.05, 0.1) is 24.2 Å². The number of nitrogens with one attached hydrogen (secondary N) is 1. The van der Waals surface area contributed by atoms with Crippen LogP contribution in [0.1, 0.15) is 20.8 Å². The Hall–Kier alpha value is -1.96. The molecule has 0 amide bonds. The first-order chi connectivity index (χ1) is 12.1. The van der Waals surface area contributed by atoms with Crippen molar-refractivity contribution in [2.45, 2.75) is 25.5 Å². The van der Waals surface area contributed by atoms with Crippen molar-refractivity contribution in [1.82, 2.24) is 10.2 Å². The van der Waals surface area contributed by atoms with E-state index in [1.54, 1.807) is 34.9 Å². The maximum Gasteiger partial charge on any atom is 0.193 e. The molecule has 8 heteroatoms. The first-order valence-electron chi connectivity index (χ1n) is 8.51. The number of hydrogen-bond donors (Lipinski definition) is 1. The Kier molecular flexibility index (Phi) is 8.20. The standard InChI is InChI=1S/C18H31N3O4S/c1-18(2,3)26(22,23)14-11-20-17(19-4)21(5)12-13-25-16-9-7-15(24-6)8-10-16/h7-10H,11-14H2,1-6H3,(H,19,20). The molecule has 0 aromatic heterocycles. The number of rotatable bonds is 8. The number of likely N-dealkylation sites (N-methyl/N-ethyl adjacent to an activating group) is 1. The predicted octanol–water partition coefficient (Wildman–Crippen LogP) is 1.79. The van der Waals surface area contributed by atoms with Crippen LogP contribution in [0.4, 0.5) is 0 Å². The van der Waals surface area contributed by atoms with E-state index in [9.17, 15) is 8.42 Å². The van der Waals surface area contributed by atoms with Crippen LogP contribution in [0.3, 0.4) is 0 Å². The molecular weight excluding hydrogens is 354 g/mol. The van der Waals surface area contributed by atoms with Gasteiger partial charge in [0.15, 0.2) is 15.8 Å². The molecule has 0 saturated heterocycles. The van der Waals surface area contributed by atoms with E-state index in [-0.39, 0.29) is 5.75 Å². The molecule has 0 aliphatic heterocycles. The number of hydrogen-bond acceptors (Lipinski definition) is 5. The number of ether oxygens (including phenoxy) is 2. The molecule has 0 radical (unpaired) electrons. The second-order valence-electron chi connectivity index (χ2n) is 6.85. The highest BCUT2D eigenvalue weighted by atomic mass is 32.2. The molecule has 1 rings (SSSR count). The summed E-state index contributed by atoms with van der Waals surface area (Å²) in [4.78, 5) is 6.08. The third-order valence-corrected chi connectivity index (χ3v) is 6.52. The molecule has 26 heavy (non-hydrogen) atoms. The van der Waals surface area contributed by atoms with Crippen LogP contribution in [0.2, 0.25) is 0 Å². The lowest BCUT2D eigenvalue weighted by Crippen LogP contribution is -2.43. The van der Waals surface area contributed by atoms with Gasteiger partial charge < -0.3 is 19.7 Å². The number of guanidine groups is 1. The van der Waals surface area contributed by atoms with Gasteiger partial charge in [0.25, 0.3) is 0 Å². The quantitative estimate of drug-likeness (QED) is 0.543. The highest BCUT2D eigenvalue weighted by Gasteiger charge is 2.28. The molecule has 0 spiro atoms. The highest BCUT2D eigenvalue weighted by Crippen LogP contribution is 2.17. The SMILES string of the molecule is CN=C(NCCS(=O)(=O)C(C)(C)C)N(C)CCOc1ccc(OC)cc1. The van der Waals surface area contributed by atoms with Crippen LogP contribution < -0.4 is 14.8 Å². The largest absolute Gasteiger partial charge is 0.497 e. The van der Waals surface area contributed by atoms with Gasteiger partial charge >= 0.3 is 0 Å². The van der Waals surface area contributed by atoms with Crippen LogP contribution in [-0.4, -0.2) is 70.7 Å². The topological polar surface area (TPSA) is 80.2 Å². The van der Waals surface area contributed by atoms with Gasteiger partial charge in [-0.25, -0.2) is 8.42 Å². The smallest absolute Gasteiger partial charge is 0.193 e. The minimum atomic E-state index is -3.16. The van der Waals surface area contributed by atoms with Gasteiger partial charge in [0.2, 0.25) is 0 Å². The second kappa shape index (κ2) is 9.66. The summed E-state index contributed by atoms with van der Waals surface area (Å²) in [5, 5.41) is 3.09. The lowest BCUT2D eigenvalue weighted by Gasteiger charge is -2.23. The van der Waals surface area contributed by atoms with Crippen molar-refractivity contribution in [2.75, 3.05) is 46.7 Å². The van der Waals surface area contributed by atoms with E-state index in [1.165, 1.54) is 0 Å². The maximum atomic E-state index is 12.1. The Labute approximate surface area is 157 Å². The number of benzene rings is 1. The third-order valence-electron chi connectivity index (χ3n) is 3.92. The van der Waals surface area contributed by atoms with Crippen molar-refractivity contribution in [3.05, 3.63) is 24.3 Å². The Morgan fingerprint density at radius 2 is 1.77 bits per heavy atom. The average Bonchev–Trinajstić information content (AvgIpc) is 2.58. The summed E-state index contributed by atoms with van der Waals surface area (Å²) in [6, 6.07) is 7.39. The first kappa shape index (κ1) is 22.1. The van der Waals surface area contributed by atoms with E-state index in [0.717, 1.165) is 11.5 Å². The van der Waals surface area contributed by atoms with Crippen LogP contribution in [0.15, 0.2) is 29.3 Å². The lowest BCUT2D eigenvalue weighted by molar-refractivity contribution is 0.281. The van der Waals surface area contributed by atoms with Crippen molar-refractivity contribution >= 4 is 15.8 Å². The molecular formula is C18H31N3O4S. The van der Waals surface area contributed by atoms with Crippen LogP contribution in [0, 0.1) is 0 Å². The molecule has 1 N–H and O–H groups in total. The highest BCUT2D eigenvalue weighted by molar-refractivity contribution is 7.92. The molecule has 1 aromatic carbocycles. The number of nitrogens with zero attached hydrogens (tertiary/aromatic N) is 2. The molecule has 7 nitrogen and oxygen atoms in total. The summed E-state index contributed by atoms with van der Waals surface area (Å²) in [5.41, 5.74) is 0. The molecule has 0 fully saturated rings. The van der Waals surface area contributed by atoms with Gasteiger partial charge in [0.1, 0.15) is 18.1 Å². The van der Waals surface area contributed by atoms with Crippen LogP contribution in [-0.2, 0) is 9.84 Å². The molecule has 0 atom stereocenters. The van der Waals surface area contributed by atoms with Gasteiger partial charge in [-0.1, -0.05) is 0 Å². The zero-order valence-electron chi connectivity index (χ0n) is 16.6. The van der Waals surface area contributed by atoms with Crippen molar-refractivity contribution in [3.63, 3.8) is 0 Å². The van der Waals surface area contributed by atoms with Gasteiger partial charge in [-0.05, 0) is 45.0 Å². The minimum Gasteiger partial charge on any atom is -0.497 e. The zero-order chi connectivity index (χ0) is 19.8. The van der Waals surface area contributed by atoms with Gasteiger partial charge in [-0.15, -0.1) is 0 Å². The van der Waals surface area contributed by atoms with Crippen molar-refractivity contribution < 1.29 is 17.9 Å². The Balaban J connectivity index is 2.42. The van der Waals surface area contributed by atoms with Crippen molar-refractivity contribution in [1.29, 1.82) is 0 Å². The summed E-state index contributed by atoms with van der Waals surface area (Å²) in [5.74, 6) is 2.24. The van der Waals surface area contributed by atoms with E-state index < -0.39 is 14.6 Å². The number of sulfone groups is 1. The van der Waals surface area contributed by atoms with E-state index in [2.05, 4.69) is 10.3 Å². The van der Waals surface area contributed by atoms with Crippen LogP contribution in [0.5, 0.6) is 11.5 Å². The molecule has 0 aliphatic rings. The fourth-order valence-corrected chi connectivity index (χ4v) is 3.05. The Morgan fingerprint density at radius 3 is 2.27 bits per heavy atom. The molecule has 0 unspecified atom stereocenters. The van der Waals surface area contributed by atoms with E-state index >= 15 is 0 Å². The molecule has 1 aromatic rings. The second-order valence-corrected chi connectivity index (χ2v) is 9.71. The monoisotopic (exact) mass is 385 g/mol. The Morgan fingerprint density at radius 1 is 1.19 bits per heavy atom. The Bertz CT molecular complexity index is 679. The lowest BCUT2D eigenvalue weighted by atomic mass is 10.3. The zero-order valence-corrected chi connectivity index (χ0v) is 17.4. The summed E-state index contributed by atoms with van der Waals surface area (Å²) in [7, 11) is 2.01. The van der Waals surface area contributed by atoms with E-state index in [1.807, 2.05) is 36.2 Å². The van der Waals surface area contributed by atoms with Crippen molar-refractivity contribution in [3.8, 4) is 11.5 Å². The number of aliphatic imine (C=N–C) groups is 1. The molecule has 0 saturated carbocycles. The molecule has 0 aliphatic carbocycles. The fraction of sp³-hybridized carbons (Fsp3) is 0.611. The minimum absolute atomic E-state index is 0.0612. The van der Waals surface area contributed by atoms with Crippen LogP contribution >= 0.6 is 0 Å². The average molecular weight is 386 g/mol. The van der Waals surface area contributed by atoms with Gasteiger partial charge in [-0.3, -0.25) is 4.99 Å². The fourth-order valence-electron chi connectivity index (χ4n) is 2.07. The summed E-state index contributed by atoms with van der Waals surface area (Å²) in [6.45, 7) is 6.52. The van der Waals surface area contributed by atoms with E-state index in [0.29, 0.717) is 25.7 Å². The van der Waals surface area contributed by atoms with Gasteiger partial charge in [0, 0.05) is 20.6 Å². The summed E-state index contributed by atoms with van der Waals surface area (Å²) in [6.07, 6.45) is 0. The maximum absolute atomic E-state index is 12.1. The van der Waals surface area contributed by atoms with Crippen molar-refractivity contribution in [2.24, 2.45) is 4.99 Å². The van der Waals surface area contributed by atoms with E-state index in [4.69, 9.17) is 9.47 Å². The third kappa shape index (κ3) is 6.74.